The van der Waals surface area contributed by atoms with Crippen LogP contribution in [0.25, 0.3) is 0 Å². The first-order chi connectivity index (χ1) is 17.2. The molecule has 3 aromatic carbocycles. The van der Waals surface area contributed by atoms with Gasteiger partial charge in [-0.25, -0.2) is 4.79 Å². The molecule has 0 spiro atoms. The molecular formula is C26H23Br2N3O5. The summed E-state index contributed by atoms with van der Waals surface area (Å²) in [4.78, 5) is 37.5. The highest BCUT2D eigenvalue weighted by atomic mass is 79.9. The van der Waals surface area contributed by atoms with Gasteiger partial charge >= 0.3 is 6.09 Å². The molecule has 0 fully saturated rings. The lowest BCUT2D eigenvalue weighted by molar-refractivity contribution is -0.111. The van der Waals surface area contributed by atoms with Crippen molar-refractivity contribution < 1.29 is 24.2 Å². The van der Waals surface area contributed by atoms with Gasteiger partial charge in [0.05, 0.1) is 15.8 Å². The minimum absolute atomic E-state index is 0.146. The second-order valence-electron chi connectivity index (χ2n) is 7.77. The number of carbonyl (C=O) groups excluding carboxylic acids is 3. The number of halogens is 2. The van der Waals surface area contributed by atoms with Crippen LogP contribution in [-0.2, 0) is 9.53 Å². The number of phenolic OH excluding ortho intramolecular Hbond substituents is 1. The summed E-state index contributed by atoms with van der Waals surface area (Å²) in [5.74, 6) is -1.82. The molecule has 3 amide bonds. The molecule has 0 saturated heterocycles. The summed E-state index contributed by atoms with van der Waals surface area (Å²) in [5, 5.41) is 15.5. The van der Waals surface area contributed by atoms with Crippen molar-refractivity contribution in [1.82, 2.24) is 5.32 Å². The number of hydrogen-bond donors (Lipinski definition) is 4. The highest BCUT2D eigenvalue weighted by Gasteiger charge is 2.27. The predicted molar refractivity (Wildman–Crippen MR) is 144 cm³/mol. The second-order valence-corrected chi connectivity index (χ2v) is 9.54. The Morgan fingerprint density at radius 2 is 1.69 bits per heavy atom. The van der Waals surface area contributed by atoms with E-state index in [1.54, 1.807) is 73.7 Å². The van der Waals surface area contributed by atoms with Gasteiger partial charge in [0.2, 0.25) is 5.91 Å². The van der Waals surface area contributed by atoms with E-state index in [1.165, 1.54) is 12.2 Å². The molecule has 0 saturated carbocycles. The minimum atomic E-state index is -1.05. The summed E-state index contributed by atoms with van der Waals surface area (Å²) in [6.07, 6.45) is 0.754. The number of nitrogen functional groups attached to an aromatic ring is 1. The molecule has 0 bridgehead atoms. The monoisotopic (exact) mass is 615 g/mol. The first kappa shape index (κ1) is 27.0. The first-order valence-electron chi connectivity index (χ1n) is 10.7. The Bertz CT molecular complexity index is 1300. The van der Waals surface area contributed by atoms with Gasteiger partial charge in [-0.3, -0.25) is 14.9 Å². The van der Waals surface area contributed by atoms with Crippen LogP contribution in [0.4, 0.5) is 16.2 Å². The standard InChI is InChI=1S/C26H23Br2N3O5/c1-15(11-12-22(32)30-21-10-6-5-9-20(21)29)24(18-13-17(27)14-19(28)23(18)33)36-26(35)31-25(34)16-7-3-2-4-8-16/h2-15,24,33H,29H2,1H3,(H,30,32)(H,31,34,35)/b12-11+/t15-,24-/m1/s1. The number of aromatic hydroxyl groups is 1. The van der Waals surface area contributed by atoms with Crippen molar-refractivity contribution in [3.63, 3.8) is 0 Å². The summed E-state index contributed by atoms with van der Waals surface area (Å²) < 4.78 is 6.56. The third-order valence-electron chi connectivity index (χ3n) is 5.10. The molecule has 5 N–H and O–H groups in total. The number of phenols is 1. The van der Waals surface area contributed by atoms with E-state index in [9.17, 15) is 19.5 Å². The lowest BCUT2D eigenvalue weighted by Gasteiger charge is -2.24. The molecule has 3 aromatic rings. The van der Waals surface area contributed by atoms with E-state index >= 15 is 0 Å². The van der Waals surface area contributed by atoms with Gasteiger partial charge in [-0.05, 0) is 58.4 Å². The molecule has 10 heteroatoms. The zero-order chi connectivity index (χ0) is 26.2. The summed E-state index contributed by atoms with van der Waals surface area (Å²) >= 11 is 6.64. The number of carbonyl (C=O) groups is 3. The number of imide groups is 1. The van der Waals surface area contributed by atoms with Gasteiger partial charge < -0.3 is 20.9 Å². The van der Waals surface area contributed by atoms with E-state index in [0.717, 1.165) is 0 Å². The van der Waals surface area contributed by atoms with Gasteiger partial charge in [-0.15, -0.1) is 0 Å². The first-order valence-corrected chi connectivity index (χ1v) is 12.3. The minimum Gasteiger partial charge on any atom is -0.506 e. The Balaban J connectivity index is 1.81. The third kappa shape index (κ3) is 7.19. The molecule has 186 valence electrons. The van der Waals surface area contributed by atoms with Gasteiger partial charge in [-0.2, -0.15) is 0 Å². The third-order valence-corrected chi connectivity index (χ3v) is 6.16. The Morgan fingerprint density at radius 1 is 1.03 bits per heavy atom. The predicted octanol–water partition coefficient (Wildman–Crippen LogP) is 5.94. The zero-order valence-corrected chi connectivity index (χ0v) is 22.2. The number of rotatable bonds is 7. The van der Waals surface area contributed by atoms with E-state index in [2.05, 4.69) is 42.5 Å². The summed E-state index contributed by atoms with van der Waals surface area (Å²) in [5.41, 5.74) is 7.28. The zero-order valence-electron chi connectivity index (χ0n) is 19.1. The number of hydrogen-bond acceptors (Lipinski definition) is 6. The van der Waals surface area contributed by atoms with Crippen LogP contribution in [0.5, 0.6) is 5.75 Å². The van der Waals surface area contributed by atoms with Crippen molar-refractivity contribution in [1.29, 1.82) is 0 Å². The molecule has 0 radical (unpaired) electrons. The Kier molecular flexibility index (Phi) is 9.26. The van der Waals surface area contributed by atoms with E-state index in [4.69, 9.17) is 10.5 Å². The van der Waals surface area contributed by atoms with Crippen LogP contribution >= 0.6 is 31.9 Å². The number of nitrogens with one attached hydrogen (secondary N) is 2. The van der Waals surface area contributed by atoms with E-state index < -0.39 is 29.9 Å². The van der Waals surface area contributed by atoms with Crippen LogP contribution in [0.3, 0.4) is 0 Å². The van der Waals surface area contributed by atoms with Crippen molar-refractivity contribution in [3.8, 4) is 5.75 Å². The van der Waals surface area contributed by atoms with Crippen LogP contribution in [-0.4, -0.2) is 23.0 Å². The molecule has 0 aliphatic heterocycles. The normalized spacial score (nSPS) is 12.5. The SMILES string of the molecule is C[C@H](/C=C/C(=O)Nc1ccccc1N)[C@@H](OC(=O)NC(=O)c1ccccc1)c1cc(Br)cc(Br)c1O. The van der Waals surface area contributed by atoms with Crippen molar-refractivity contribution >= 4 is 61.1 Å². The largest absolute Gasteiger partial charge is 0.506 e. The molecule has 0 unspecified atom stereocenters. The molecule has 0 heterocycles. The summed E-state index contributed by atoms with van der Waals surface area (Å²) in [7, 11) is 0. The second kappa shape index (κ2) is 12.4. The average Bonchev–Trinajstić information content (AvgIpc) is 2.85. The quantitative estimate of drug-likeness (QED) is 0.192. The number of amides is 3. The van der Waals surface area contributed by atoms with Gasteiger partial charge in [0.1, 0.15) is 11.9 Å². The summed E-state index contributed by atoms with van der Waals surface area (Å²) in [6.45, 7) is 1.70. The molecule has 0 aliphatic rings. The van der Waals surface area contributed by atoms with Crippen LogP contribution in [0, 0.1) is 5.92 Å². The fourth-order valence-corrected chi connectivity index (χ4v) is 4.54. The number of anilines is 2. The maximum absolute atomic E-state index is 12.6. The van der Waals surface area contributed by atoms with Gasteiger partial charge in [0.25, 0.3) is 5.91 Å². The molecule has 3 rings (SSSR count). The number of benzene rings is 3. The van der Waals surface area contributed by atoms with Gasteiger partial charge in [0.15, 0.2) is 0 Å². The average molecular weight is 617 g/mol. The Morgan fingerprint density at radius 3 is 2.39 bits per heavy atom. The lowest BCUT2D eigenvalue weighted by Crippen LogP contribution is -2.33. The van der Waals surface area contributed by atoms with Crippen molar-refractivity contribution in [3.05, 3.63) is 99.0 Å². The smallest absolute Gasteiger partial charge is 0.414 e. The van der Waals surface area contributed by atoms with Crippen molar-refractivity contribution in [2.24, 2.45) is 5.92 Å². The van der Waals surface area contributed by atoms with Crippen LogP contribution < -0.4 is 16.4 Å². The van der Waals surface area contributed by atoms with Crippen LogP contribution in [0.2, 0.25) is 0 Å². The van der Waals surface area contributed by atoms with Gasteiger partial charge in [-0.1, -0.05) is 59.3 Å². The Hall–Kier alpha value is -3.63. The lowest BCUT2D eigenvalue weighted by atomic mass is 9.96. The van der Waals surface area contributed by atoms with Crippen molar-refractivity contribution in [2.45, 2.75) is 13.0 Å². The number of nitrogens with two attached hydrogens (primary N) is 1. The van der Waals surface area contributed by atoms with E-state index in [0.29, 0.717) is 20.3 Å². The number of ether oxygens (including phenoxy) is 1. The molecule has 0 aliphatic carbocycles. The molecule has 36 heavy (non-hydrogen) atoms. The highest BCUT2D eigenvalue weighted by Crippen LogP contribution is 2.40. The fourth-order valence-electron chi connectivity index (χ4n) is 3.28. The highest BCUT2D eigenvalue weighted by molar-refractivity contribution is 9.11. The maximum atomic E-state index is 12.6. The van der Waals surface area contributed by atoms with Crippen molar-refractivity contribution in [2.75, 3.05) is 11.1 Å². The molecule has 0 aromatic heterocycles. The van der Waals surface area contributed by atoms with Gasteiger partial charge in [0, 0.05) is 21.5 Å². The molecular weight excluding hydrogens is 594 g/mol. The van der Waals surface area contributed by atoms with E-state index in [1.807, 2.05) is 0 Å². The molecule has 2 atom stereocenters. The van der Waals surface area contributed by atoms with Crippen LogP contribution in [0.15, 0.2) is 87.8 Å². The number of para-hydroxylation sites is 2. The maximum Gasteiger partial charge on any atom is 0.414 e. The molecule has 8 nitrogen and oxygen atoms in total. The Labute approximate surface area is 224 Å². The number of alkyl carbamates (subject to hydrolysis) is 1. The summed E-state index contributed by atoms with van der Waals surface area (Å²) in [6, 6.07) is 18.2. The van der Waals surface area contributed by atoms with E-state index in [-0.39, 0.29) is 16.9 Å². The fraction of sp³-hybridized carbons (Fsp3) is 0.115. The topological polar surface area (TPSA) is 131 Å². The van der Waals surface area contributed by atoms with Crippen LogP contribution in [0.1, 0.15) is 28.9 Å².